The minimum atomic E-state index is -0.998. The maximum absolute atomic E-state index is 12.6. The fourth-order valence-electron chi connectivity index (χ4n) is 3.34. The SMILES string of the molecule is CC(C)Cn1c(N)c(C(=O)COC(=O)Cn2[nH]c(=O)c3ccccc3c2=O)c(=O)n(C)c1=O. The molecule has 174 valence electrons. The summed E-state index contributed by atoms with van der Waals surface area (Å²) in [6, 6.07) is 6.10. The van der Waals surface area contributed by atoms with Gasteiger partial charge in [0.1, 0.15) is 17.9 Å². The maximum Gasteiger partial charge on any atom is 0.332 e. The minimum Gasteiger partial charge on any atom is -0.456 e. The van der Waals surface area contributed by atoms with Gasteiger partial charge in [-0.05, 0) is 18.1 Å². The number of carbonyl (C=O) groups is 2. The van der Waals surface area contributed by atoms with Gasteiger partial charge in [-0.25, -0.2) is 9.48 Å². The topological polar surface area (TPSA) is 168 Å². The molecular formula is C21H23N5O7. The number of aromatic amines is 1. The normalized spacial score (nSPS) is 11.2. The highest BCUT2D eigenvalue weighted by Gasteiger charge is 2.23. The summed E-state index contributed by atoms with van der Waals surface area (Å²) >= 11 is 0. The van der Waals surface area contributed by atoms with Crippen LogP contribution in [0.3, 0.4) is 0 Å². The molecule has 0 atom stereocenters. The molecule has 2 heterocycles. The van der Waals surface area contributed by atoms with E-state index < -0.39 is 52.8 Å². The predicted octanol–water partition coefficient (Wildman–Crippen LogP) is -0.785. The highest BCUT2D eigenvalue weighted by atomic mass is 16.5. The summed E-state index contributed by atoms with van der Waals surface area (Å²) < 4.78 is 7.55. The number of benzene rings is 1. The second-order valence-corrected chi connectivity index (χ2v) is 7.87. The summed E-state index contributed by atoms with van der Waals surface area (Å²) in [7, 11) is 1.21. The van der Waals surface area contributed by atoms with Crippen LogP contribution in [0.5, 0.6) is 0 Å². The number of anilines is 1. The molecule has 33 heavy (non-hydrogen) atoms. The van der Waals surface area contributed by atoms with Crippen molar-refractivity contribution in [2.75, 3.05) is 12.3 Å². The molecular weight excluding hydrogens is 434 g/mol. The quantitative estimate of drug-likeness (QED) is 0.344. The van der Waals surface area contributed by atoms with E-state index in [1.165, 1.54) is 19.2 Å². The largest absolute Gasteiger partial charge is 0.456 e. The van der Waals surface area contributed by atoms with Crippen molar-refractivity contribution in [2.45, 2.75) is 26.9 Å². The van der Waals surface area contributed by atoms with Crippen molar-refractivity contribution in [3.63, 3.8) is 0 Å². The number of nitrogens with zero attached hydrogens (tertiary/aromatic N) is 3. The van der Waals surface area contributed by atoms with E-state index in [0.29, 0.717) is 0 Å². The number of ketones is 1. The van der Waals surface area contributed by atoms with Gasteiger partial charge in [-0.1, -0.05) is 26.0 Å². The van der Waals surface area contributed by atoms with E-state index in [-0.39, 0.29) is 29.1 Å². The smallest absolute Gasteiger partial charge is 0.332 e. The summed E-state index contributed by atoms with van der Waals surface area (Å²) in [5.41, 5.74) is 2.69. The third-order valence-electron chi connectivity index (χ3n) is 4.95. The molecule has 0 bridgehead atoms. The summed E-state index contributed by atoms with van der Waals surface area (Å²) in [5.74, 6) is -2.21. The van der Waals surface area contributed by atoms with Gasteiger partial charge in [0, 0.05) is 13.6 Å². The molecule has 2 aromatic heterocycles. The Morgan fingerprint density at radius 2 is 1.70 bits per heavy atom. The van der Waals surface area contributed by atoms with Crippen LogP contribution in [0.25, 0.3) is 10.8 Å². The molecule has 0 saturated carbocycles. The van der Waals surface area contributed by atoms with Crippen LogP contribution in [0.1, 0.15) is 24.2 Å². The fourth-order valence-corrected chi connectivity index (χ4v) is 3.34. The average Bonchev–Trinajstić information content (AvgIpc) is 2.77. The minimum absolute atomic E-state index is 0.00528. The van der Waals surface area contributed by atoms with Crippen molar-refractivity contribution in [1.82, 2.24) is 18.9 Å². The molecule has 3 aromatic rings. The van der Waals surface area contributed by atoms with Crippen molar-refractivity contribution in [1.29, 1.82) is 0 Å². The average molecular weight is 457 g/mol. The van der Waals surface area contributed by atoms with Gasteiger partial charge in [0.25, 0.3) is 16.7 Å². The van der Waals surface area contributed by atoms with Crippen LogP contribution in [0.4, 0.5) is 5.82 Å². The lowest BCUT2D eigenvalue weighted by atomic mass is 10.1. The number of nitrogens with two attached hydrogens (primary N) is 1. The number of rotatable bonds is 7. The lowest BCUT2D eigenvalue weighted by Crippen LogP contribution is -2.43. The van der Waals surface area contributed by atoms with Gasteiger partial charge in [0.15, 0.2) is 6.61 Å². The fraction of sp³-hybridized carbons (Fsp3) is 0.333. The van der Waals surface area contributed by atoms with Crippen molar-refractivity contribution in [2.24, 2.45) is 13.0 Å². The number of fused-ring (bicyclic) bond motifs is 1. The predicted molar refractivity (Wildman–Crippen MR) is 119 cm³/mol. The van der Waals surface area contributed by atoms with Crippen molar-refractivity contribution >= 4 is 28.3 Å². The van der Waals surface area contributed by atoms with E-state index in [4.69, 9.17) is 10.5 Å². The standard InChI is InChI=1S/C21H23N5O7/c1-11(2)8-25-17(22)16(20(31)24(3)21(25)32)14(27)10-33-15(28)9-26-19(30)13-7-5-4-6-12(13)18(29)23-26/h4-7,11H,8-10,22H2,1-3H3,(H,23,29). The Balaban J connectivity index is 1.82. The zero-order valence-corrected chi connectivity index (χ0v) is 18.3. The molecule has 0 aliphatic heterocycles. The van der Waals surface area contributed by atoms with Crippen molar-refractivity contribution < 1.29 is 14.3 Å². The zero-order valence-electron chi connectivity index (χ0n) is 18.3. The molecule has 3 N–H and O–H groups in total. The molecule has 1 aromatic carbocycles. The number of hydrogen-bond donors (Lipinski definition) is 2. The van der Waals surface area contributed by atoms with E-state index in [1.807, 2.05) is 13.8 Å². The number of esters is 1. The van der Waals surface area contributed by atoms with Crippen LogP contribution in [0.2, 0.25) is 0 Å². The first-order chi connectivity index (χ1) is 15.5. The van der Waals surface area contributed by atoms with Gasteiger partial charge in [-0.2, -0.15) is 0 Å². The highest BCUT2D eigenvalue weighted by Crippen LogP contribution is 2.09. The van der Waals surface area contributed by atoms with Crippen LogP contribution in [0, 0.1) is 5.92 Å². The third kappa shape index (κ3) is 4.54. The summed E-state index contributed by atoms with van der Waals surface area (Å²) in [5, 5.41) is 2.57. The van der Waals surface area contributed by atoms with Crippen LogP contribution >= 0.6 is 0 Å². The number of H-pyrrole nitrogens is 1. The van der Waals surface area contributed by atoms with Crippen molar-refractivity contribution in [3.05, 3.63) is 71.4 Å². The molecule has 0 spiro atoms. The third-order valence-corrected chi connectivity index (χ3v) is 4.95. The van der Waals surface area contributed by atoms with E-state index >= 15 is 0 Å². The molecule has 12 nitrogen and oxygen atoms in total. The van der Waals surface area contributed by atoms with E-state index in [2.05, 4.69) is 5.10 Å². The molecule has 0 fully saturated rings. The molecule has 0 aliphatic rings. The zero-order chi connectivity index (χ0) is 24.4. The maximum atomic E-state index is 12.6. The summed E-state index contributed by atoms with van der Waals surface area (Å²) in [6.45, 7) is 2.34. The molecule has 3 rings (SSSR count). The van der Waals surface area contributed by atoms with E-state index in [0.717, 1.165) is 13.8 Å². The number of hydrogen-bond acceptors (Lipinski definition) is 8. The second-order valence-electron chi connectivity index (χ2n) is 7.87. The van der Waals surface area contributed by atoms with Gasteiger partial charge in [0.2, 0.25) is 5.78 Å². The molecule has 0 unspecified atom stereocenters. The van der Waals surface area contributed by atoms with Crippen LogP contribution in [0.15, 0.2) is 43.4 Å². The number of Topliss-reactive ketones (excluding diaryl/α,β-unsaturated/α-hetero) is 1. The molecule has 0 aliphatic carbocycles. The van der Waals surface area contributed by atoms with Crippen LogP contribution in [-0.4, -0.2) is 37.3 Å². The Kier molecular flexibility index (Phi) is 6.47. The van der Waals surface area contributed by atoms with Gasteiger partial charge in [-0.3, -0.25) is 38.2 Å². The second kappa shape index (κ2) is 9.10. The number of carbonyl (C=O) groups excluding carboxylic acids is 2. The Morgan fingerprint density at radius 1 is 1.06 bits per heavy atom. The number of aromatic nitrogens is 4. The molecule has 0 radical (unpaired) electrons. The van der Waals surface area contributed by atoms with E-state index in [1.54, 1.807) is 12.1 Å². The van der Waals surface area contributed by atoms with Gasteiger partial charge in [0.05, 0.1) is 10.8 Å². The lowest BCUT2D eigenvalue weighted by Gasteiger charge is -2.16. The van der Waals surface area contributed by atoms with Crippen LogP contribution in [-0.2, 0) is 29.7 Å². The van der Waals surface area contributed by atoms with E-state index in [9.17, 15) is 28.8 Å². The van der Waals surface area contributed by atoms with Gasteiger partial charge in [-0.15, -0.1) is 0 Å². The van der Waals surface area contributed by atoms with Gasteiger partial charge < -0.3 is 10.5 Å². The monoisotopic (exact) mass is 457 g/mol. The molecule has 0 saturated heterocycles. The first-order valence-electron chi connectivity index (χ1n) is 10.0. The Morgan fingerprint density at radius 3 is 2.33 bits per heavy atom. The Bertz CT molecular complexity index is 1490. The summed E-state index contributed by atoms with van der Waals surface area (Å²) in [6.07, 6.45) is 0. The molecule has 0 amide bonds. The van der Waals surface area contributed by atoms with Gasteiger partial charge >= 0.3 is 11.7 Å². The first kappa shape index (κ1) is 23.4. The molecule has 12 heteroatoms. The number of nitrogens with one attached hydrogen (secondary N) is 1. The number of nitrogen functional groups attached to an aromatic ring is 1. The van der Waals surface area contributed by atoms with Crippen molar-refractivity contribution in [3.8, 4) is 0 Å². The Hall–Kier alpha value is -4.22. The Labute approximate surface area is 185 Å². The number of ether oxygens (including phenoxy) is 1. The highest BCUT2D eigenvalue weighted by molar-refractivity contribution is 6.01. The first-order valence-corrected chi connectivity index (χ1v) is 10.0. The van der Waals surface area contributed by atoms with Crippen LogP contribution < -0.4 is 28.1 Å². The lowest BCUT2D eigenvalue weighted by molar-refractivity contribution is -0.143. The summed E-state index contributed by atoms with van der Waals surface area (Å²) in [4.78, 5) is 74.3.